The van der Waals surface area contributed by atoms with Gasteiger partial charge in [0.2, 0.25) is 5.60 Å². The van der Waals surface area contributed by atoms with Crippen molar-refractivity contribution in [2.24, 2.45) is 0 Å². The number of alkyl halides is 3. The fourth-order valence-corrected chi connectivity index (χ4v) is 4.05. The third kappa shape index (κ3) is 3.76. The van der Waals surface area contributed by atoms with Crippen molar-refractivity contribution >= 4 is 27.4 Å². The molecule has 0 radical (unpaired) electrons. The van der Waals surface area contributed by atoms with Crippen LogP contribution in [0, 0.1) is 5.82 Å². The number of fused-ring (bicyclic) bond motifs is 2. The Morgan fingerprint density at radius 1 is 0.853 bits per heavy atom. The van der Waals surface area contributed by atoms with Crippen molar-refractivity contribution in [2.45, 2.75) is 11.8 Å². The zero-order valence-corrected chi connectivity index (χ0v) is 17.7. The van der Waals surface area contributed by atoms with Crippen LogP contribution in [0.15, 0.2) is 91.1 Å². The molecule has 0 bridgehead atoms. The van der Waals surface area contributed by atoms with E-state index in [-0.39, 0.29) is 5.56 Å². The molecule has 1 unspecified atom stereocenters. The normalized spacial score (nSPS) is 13.8. The molecule has 2 N–H and O–H groups in total. The van der Waals surface area contributed by atoms with Crippen molar-refractivity contribution in [1.29, 1.82) is 0 Å². The molecular formula is C26H19F4N3O. The Morgan fingerprint density at radius 2 is 1.59 bits per heavy atom. The van der Waals surface area contributed by atoms with Gasteiger partial charge in [0.05, 0.1) is 23.9 Å². The van der Waals surface area contributed by atoms with E-state index in [1.165, 1.54) is 53.3 Å². The molecule has 0 saturated carbocycles. The summed E-state index contributed by atoms with van der Waals surface area (Å²) in [7, 11) is 0. The first kappa shape index (κ1) is 21.9. The summed E-state index contributed by atoms with van der Waals surface area (Å²) >= 11 is 0. The number of aliphatic hydroxyl groups is 1. The first-order valence-electron chi connectivity index (χ1n) is 10.5. The predicted octanol–water partition coefficient (Wildman–Crippen LogP) is 6.18. The number of rotatable bonds is 5. The molecule has 0 aliphatic rings. The van der Waals surface area contributed by atoms with Crippen LogP contribution in [0.3, 0.4) is 0 Å². The van der Waals surface area contributed by atoms with Gasteiger partial charge < -0.3 is 10.4 Å². The Hall–Kier alpha value is -3.91. The van der Waals surface area contributed by atoms with Crippen LogP contribution in [0.1, 0.15) is 5.56 Å². The summed E-state index contributed by atoms with van der Waals surface area (Å²) in [6.45, 7) is -0.776. The Morgan fingerprint density at radius 3 is 2.35 bits per heavy atom. The number of benzene rings is 4. The lowest BCUT2D eigenvalue weighted by atomic mass is 9.91. The Kier molecular flexibility index (Phi) is 5.25. The third-order valence-corrected chi connectivity index (χ3v) is 5.91. The molecular weight excluding hydrogens is 446 g/mol. The van der Waals surface area contributed by atoms with E-state index in [2.05, 4.69) is 10.4 Å². The molecule has 172 valence electrons. The Bertz CT molecular complexity index is 1470. The summed E-state index contributed by atoms with van der Waals surface area (Å²) in [5.74, 6) is -0.406. The molecule has 1 heterocycles. The lowest BCUT2D eigenvalue weighted by Crippen LogP contribution is -2.47. The second-order valence-corrected chi connectivity index (χ2v) is 8.04. The van der Waals surface area contributed by atoms with Crippen LogP contribution in [0.5, 0.6) is 0 Å². The molecule has 0 spiro atoms. The average molecular weight is 465 g/mol. The summed E-state index contributed by atoms with van der Waals surface area (Å²) < 4.78 is 57.3. The van der Waals surface area contributed by atoms with Crippen molar-refractivity contribution < 1.29 is 22.7 Å². The predicted molar refractivity (Wildman–Crippen MR) is 123 cm³/mol. The molecule has 0 amide bonds. The number of nitrogens with zero attached hydrogens (tertiary/aromatic N) is 2. The smallest absolute Gasteiger partial charge is 0.381 e. The minimum absolute atomic E-state index is 0.307. The van der Waals surface area contributed by atoms with Crippen molar-refractivity contribution in [3.05, 3.63) is 103 Å². The fraction of sp³-hybridized carbons (Fsp3) is 0.115. The van der Waals surface area contributed by atoms with E-state index in [0.717, 1.165) is 10.8 Å². The summed E-state index contributed by atoms with van der Waals surface area (Å²) in [4.78, 5) is 0. The van der Waals surface area contributed by atoms with E-state index in [4.69, 9.17) is 0 Å². The summed E-state index contributed by atoms with van der Waals surface area (Å²) in [5, 5.41) is 20.0. The van der Waals surface area contributed by atoms with Gasteiger partial charge in [-0.25, -0.2) is 9.07 Å². The topological polar surface area (TPSA) is 50.1 Å². The monoisotopic (exact) mass is 465 g/mol. The van der Waals surface area contributed by atoms with E-state index in [1.54, 1.807) is 24.3 Å². The first-order valence-corrected chi connectivity index (χ1v) is 10.5. The highest BCUT2D eigenvalue weighted by molar-refractivity contribution is 5.93. The highest BCUT2D eigenvalue weighted by Gasteiger charge is 2.55. The molecule has 0 fully saturated rings. The minimum Gasteiger partial charge on any atom is -0.381 e. The van der Waals surface area contributed by atoms with Crippen molar-refractivity contribution in [3.8, 4) is 5.69 Å². The maximum absolute atomic E-state index is 14.2. The average Bonchev–Trinajstić information content (AvgIpc) is 3.25. The minimum atomic E-state index is -4.94. The molecule has 5 aromatic rings. The van der Waals surface area contributed by atoms with Gasteiger partial charge in [-0.2, -0.15) is 18.3 Å². The van der Waals surface area contributed by atoms with Gasteiger partial charge in [0.1, 0.15) is 5.82 Å². The summed E-state index contributed by atoms with van der Waals surface area (Å²) in [5.41, 5.74) is -1.87. The van der Waals surface area contributed by atoms with E-state index in [9.17, 15) is 22.7 Å². The van der Waals surface area contributed by atoms with Gasteiger partial charge in [0.15, 0.2) is 0 Å². The number of hydrogen-bond donors (Lipinski definition) is 2. The van der Waals surface area contributed by atoms with E-state index in [0.29, 0.717) is 22.3 Å². The van der Waals surface area contributed by atoms with Gasteiger partial charge in [-0.15, -0.1) is 0 Å². The van der Waals surface area contributed by atoms with Crippen LogP contribution in [0.25, 0.3) is 27.4 Å². The molecule has 0 aliphatic heterocycles. The number of aromatic nitrogens is 2. The van der Waals surface area contributed by atoms with Crippen LogP contribution < -0.4 is 5.32 Å². The maximum Gasteiger partial charge on any atom is 0.423 e. The molecule has 5 rings (SSSR count). The molecule has 1 atom stereocenters. The van der Waals surface area contributed by atoms with Crippen LogP contribution in [0.2, 0.25) is 0 Å². The van der Waals surface area contributed by atoms with Crippen LogP contribution in [-0.4, -0.2) is 27.6 Å². The van der Waals surface area contributed by atoms with Crippen molar-refractivity contribution in [1.82, 2.24) is 9.78 Å². The van der Waals surface area contributed by atoms with E-state index in [1.807, 2.05) is 18.2 Å². The molecule has 0 saturated heterocycles. The van der Waals surface area contributed by atoms with Crippen LogP contribution >= 0.6 is 0 Å². The SMILES string of the molecule is OC(CNc1cccc2ccccc12)(c1ccc2c(cnn2-c2ccc(F)cc2)c1)C(F)(F)F. The number of halogens is 4. The second-order valence-electron chi connectivity index (χ2n) is 8.04. The van der Waals surface area contributed by atoms with Gasteiger partial charge >= 0.3 is 6.18 Å². The van der Waals surface area contributed by atoms with Crippen LogP contribution in [0.4, 0.5) is 23.2 Å². The fourth-order valence-electron chi connectivity index (χ4n) is 4.05. The largest absolute Gasteiger partial charge is 0.423 e. The number of anilines is 1. The molecule has 34 heavy (non-hydrogen) atoms. The lowest BCUT2D eigenvalue weighted by Gasteiger charge is -2.32. The van der Waals surface area contributed by atoms with E-state index >= 15 is 0 Å². The van der Waals surface area contributed by atoms with Gasteiger partial charge in [0.25, 0.3) is 0 Å². The first-order chi connectivity index (χ1) is 16.3. The summed E-state index contributed by atoms with van der Waals surface area (Å²) in [6, 6.07) is 22.2. The number of hydrogen-bond acceptors (Lipinski definition) is 3. The number of nitrogens with one attached hydrogen (secondary N) is 1. The van der Waals surface area contributed by atoms with E-state index < -0.39 is 24.1 Å². The lowest BCUT2D eigenvalue weighted by molar-refractivity contribution is -0.260. The highest BCUT2D eigenvalue weighted by Crippen LogP contribution is 2.40. The Balaban J connectivity index is 1.51. The molecule has 0 aliphatic carbocycles. The molecule has 4 aromatic carbocycles. The Labute approximate surface area is 192 Å². The van der Waals surface area contributed by atoms with Crippen molar-refractivity contribution in [3.63, 3.8) is 0 Å². The molecule has 4 nitrogen and oxygen atoms in total. The standard InChI is InChI=1S/C26H19F4N3O/c27-20-9-11-21(12-10-20)33-24-13-8-19(14-18(24)15-32-33)25(34,26(28,29)30)16-31-23-7-3-5-17-4-1-2-6-22(17)23/h1-15,31,34H,16H2. The quantitative estimate of drug-likeness (QED) is 0.305. The molecule has 8 heteroatoms. The third-order valence-electron chi connectivity index (χ3n) is 5.91. The second kappa shape index (κ2) is 8.14. The maximum atomic E-state index is 14.2. The zero-order chi connectivity index (χ0) is 23.9. The van der Waals surface area contributed by atoms with Crippen molar-refractivity contribution in [2.75, 3.05) is 11.9 Å². The molecule has 1 aromatic heterocycles. The summed E-state index contributed by atoms with van der Waals surface area (Å²) in [6.07, 6.45) is -3.53. The zero-order valence-electron chi connectivity index (χ0n) is 17.7. The van der Waals surface area contributed by atoms with Gasteiger partial charge in [-0.05, 0) is 53.4 Å². The van der Waals surface area contributed by atoms with Gasteiger partial charge in [-0.1, -0.05) is 42.5 Å². The van der Waals surface area contributed by atoms with Gasteiger partial charge in [0, 0.05) is 16.5 Å². The van der Waals surface area contributed by atoms with Gasteiger partial charge in [-0.3, -0.25) is 0 Å². The van der Waals surface area contributed by atoms with Crippen LogP contribution in [-0.2, 0) is 5.60 Å². The highest BCUT2D eigenvalue weighted by atomic mass is 19.4.